The standard InChI is InChI=1S/C15H17ClN2O/c1-2-8-19-15-11-17-10-13(18-15)9-14(16)12-6-4-3-5-7-12/h3-7,10-11,14H,2,8-9H2,1H3. The second-order valence-corrected chi connectivity index (χ2v) is 4.81. The van der Waals surface area contributed by atoms with Crippen LogP contribution in [0.4, 0.5) is 0 Å². The molecule has 0 amide bonds. The SMILES string of the molecule is CCCOc1cncc(CC(Cl)c2ccccc2)n1. The highest BCUT2D eigenvalue weighted by Gasteiger charge is 2.10. The fraction of sp³-hybridized carbons (Fsp3) is 0.333. The third-order valence-corrected chi connectivity index (χ3v) is 3.07. The van der Waals surface area contributed by atoms with Crippen LogP contribution in [0.1, 0.15) is 30.0 Å². The molecule has 1 atom stereocenters. The molecule has 0 aliphatic rings. The fourth-order valence-corrected chi connectivity index (χ4v) is 2.03. The van der Waals surface area contributed by atoms with Gasteiger partial charge in [-0.25, -0.2) is 4.98 Å². The Morgan fingerprint density at radius 2 is 2.00 bits per heavy atom. The Balaban J connectivity index is 2.02. The minimum atomic E-state index is -0.100. The number of nitrogens with zero attached hydrogens (tertiary/aromatic N) is 2. The van der Waals surface area contributed by atoms with Crippen LogP contribution >= 0.6 is 11.6 Å². The predicted octanol–water partition coefficient (Wildman–Crippen LogP) is 3.79. The van der Waals surface area contributed by atoms with Crippen molar-refractivity contribution in [3.05, 3.63) is 54.0 Å². The van der Waals surface area contributed by atoms with E-state index in [1.807, 2.05) is 30.3 Å². The molecular formula is C15H17ClN2O. The third kappa shape index (κ3) is 4.21. The molecule has 2 aromatic rings. The highest BCUT2D eigenvalue weighted by molar-refractivity contribution is 6.20. The molecule has 1 aromatic heterocycles. The van der Waals surface area contributed by atoms with E-state index in [1.165, 1.54) is 0 Å². The van der Waals surface area contributed by atoms with Crippen LogP contribution in [0.5, 0.6) is 5.88 Å². The maximum absolute atomic E-state index is 6.39. The van der Waals surface area contributed by atoms with Crippen LogP contribution in [-0.2, 0) is 6.42 Å². The molecule has 19 heavy (non-hydrogen) atoms. The number of ether oxygens (including phenoxy) is 1. The van der Waals surface area contributed by atoms with E-state index in [1.54, 1.807) is 12.4 Å². The van der Waals surface area contributed by atoms with Gasteiger partial charge in [-0.05, 0) is 12.0 Å². The summed E-state index contributed by atoms with van der Waals surface area (Å²) in [5.74, 6) is 0.566. The first-order valence-corrected chi connectivity index (χ1v) is 6.86. The Hall–Kier alpha value is -1.61. The number of benzene rings is 1. The van der Waals surface area contributed by atoms with Gasteiger partial charge in [-0.1, -0.05) is 37.3 Å². The quantitative estimate of drug-likeness (QED) is 0.753. The van der Waals surface area contributed by atoms with Crippen molar-refractivity contribution in [2.75, 3.05) is 6.61 Å². The lowest BCUT2D eigenvalue weighted by molar-refractivity contribution is 0.303. The average Bonchev–Trinajstić information content (AvgIpc) is 2.46. The van der Waals surface area contributed by atoms with Crippen molar-refractivity contribution in [1.29, 1.82) is 0 Å². The van der Waals surface area contributed by atoms with Gasteiger partial charge in [-0.3, -0.25) is 4.98 Å². The van der Waals surface area contributed by atoms with Gasteiger partial charge < -0.3 is 4.74 Å². The molecule has 1 unspecified atom stereocenters. The van der Waals surface area contributed by atoms with Gasteiger partial charge in [0.1, 0.15) is 0 Å². The molecule has 0 saturated carbocycles. The van der Waals surface area contributed by atoms with E-state index < -0.39 is 0 Å². The zero-order chi connectivity index (χ0) is 13.5. The van der Waals surface area contributed by atoms with E-state index in [4.69, 9.17) is 16.3 Å². The number of rotatable bonds is 6. The molecule has 0 fully saturated rings. The Morgan fingerprint density at radius 1 is 1.21 bits per heavy atom. The second kappa shape index (κ2) is 7.10. The number of hydrogen-bond donors (Lipinski definition) is 0. The molecule has 100 valence electrons. The molecule has 0 bridgehead atoms. The van der Waals surface area contributed by atoms with Gasteiger partial charge in [-0.15, -0.1) is 11.6 Å². The Labute approximate surface area is 118 Å². The number of halogens is 1. The monoisotopic (exact) mass is 276 g/mol. The summed E-state index contributed by atoms with van der Waals surface area (Å²) in [4.78, 5) is 8.54. The first-order chi connectivity index (χ1) is 9.29. The molecule has 1 aromatic carbocycles. The molecule has 0 aliphatic heterocycles. The predicted molar refractivity (Wildman–Crippen MR) is 76.6 cm³/mol. The highest BCUT2D eigenvalue weighted by Crippen LogP contribution is 2.24. The van der Waals surface area contributed by atoms with Gasteiger partial charge in [0.15, 0.2) is 0 Å². The third-order valence-electron chi connectivity index (χ3n) is 2.67. The van der Waals surface area contributed by atoms with Gasteiger partial charge in [0.2, 0.25) is 5.88 Å². The summed E-state index contributed by atoms with van der Waals surface area (Å²) in [6.45, 7) is 2.71. The van der Waals surface area contributed by atoms with Crippen molar-refractivity contribution >= 4 is 11.6 Å². The molecule has 0 aliphatic carbocycles. The van der Waals surface area contributed by atoms with Crippen molar-refractivity contribution in [2.45, 2.75) is 25.1 Å². The molecule has 0 radical (unpaired) electrons. The van der Waals surface area contributed by atoms with E-state index in [0.717, 1.165) is 17.7 Å². The van der Waals surface area contributed by atoms with Crippen molar-refractivity contribution in [2.24, 2.45) is 0 Å². The molecule has 0 spiro atoms. The van der Waals surface area contributed by atoms with Crippen LogP contribution in [0.25, 0.3) is 0 Å². The number of aromatic nitrogens is 2. The largest absolute Gasteiger partial charge is 0.477 e. The zero-order valence-corrected chi connectivity index (χ0v) is 11.7. The summed E-state index contributed by atoms with van der Waals surface area (Å²) in [5, 5.41) is -0.100. The first kappa shape index (κ1) is 13.8. The Morgan fingerprint density at radius 3 is 2.74 bits per heavy atom. The summed E-state index contributed by atoms with van der Waals surface area (Å²) in [6.07, 6.45) is 4.96. The maximum atomic E-state index is 6.39. The Kier molecular flexibility index (Phi) is 5.16. The van der Waals surface area contributed by atoms with Gasteiger partial charge >= 0.3 is 0 Å². The lowest BCUT2D eigenvalue weighted by Gasteiger charge is -2.10. The van der Waals surface area contributed by atoms with Crippen molar-refractivity contribution < 1.29 is 4.74 Å². The van der Waals surface area contributed by atoms with Gasteiger partial charge in [0, 0.05) is 12.6 Å². The lowest BCUT2D eigenvalue weighted by atomic mass is 10.1. The van der Waals surface area contributed by atoms with E-state index >= 15 is 0 Å². The molecule has 3 nitrogen and oxygen atoms in total. The van der Waals surface area contributed by atoms with E-state index in [2.05, 4.69) is 16.9 Å². The summed E-state index contributed by atoms with van der Waals surface area (Å²) >= 11 is 6.39. The molecule has 1 heterocycles. The van der Waals surface area contributed by atoms with E-state index in [9.17, 15) is 0 Å². The van der Waals surface area contributed by atoms with Gasteiger partial charge in [-0.2, -0.15) is 0 Å². The zero-order valence-electron chi connectivity index (χ0n) is 10.9. The highest BCUT2D eigenvalue weighted by atomic mass is 35.5. The second-order valence-electron chi connectivity index (χ2n) is 4.28. The average molecular weight is 277 g/mol. The lowest BCUT2D eigenvalue weighted by Crippen LogP contribution is -2.03. The summed E-state index contributed by atoms with van der Waals surface area (Å²) in [6, 6.07) is 9.98. The molecule has 2 rings (SSSR count). The number of hydrogen-bond acceptors (Lipinski definition) is 3. The smallest absolute Gasteiger partial charge is 0.232 e. The minimum absolute atomic E-state index is 0.100. The van der Waals surface area contributed by atoms with Crippen LogP contribution in [0.2, 0.25) is 0 Å². The molecule has 4 heteroatoms. The van der Waals surface area contributed by atoms with Gasteiger partial charge in [0.25, 0.3) is 0 Å². The minimum Gasteiger partial charge on any atom is -0.477 e. The normalized spacial score (nSPS) is 12.1. The van der Waals surface area contributed by atoms with Crippen molar-refractivity contribution in [1.82, 2.24) is 9.97 Å². The first-order valence-electron chi connectivity index (χ1n) is 6.42. The fourth-order valence-electron chi connectivity index (χ4n) is 1.72. The van der Waals surface area contributed by atoms with Crippen LogP contribution in [0.3, 0.4) is 0 Å². The number of alkyl halides is 1. The van der Waals surface area contributed by atoms with Crippen LogP contribution < -0.4 is 4.74 Å². The van der Waals surface area contributed by atoms with Gasteiger partial charge in [0.05, 0.1) is 23.9 Å². The summed E-state index contributed by atoms with van der Waals surface area (Å²) in [7, 11) is 0. The Bertz CT molecular complexity index is 505. The van der Waals surface area contributed by atoms with Crippen molar-refractivity contribution in [3.63, 3.8) is 0 Å². The molecule has 0 N–H and O–H groups in total. The van der Waals surface area contributed by atoms with Crippen LogP contribution in [0, 0.1) is 0 Å². The summed E-state index contributed by atoms with van der Waals surface area (Å²) in [5.41, 5.74) is 1.93. The van der Waals surface area contributed by atoms with E-state index in [0.29, 0.717) is 18.9 Å². The van der Waals surface area contributed by atoms with E-state index in [-0.39, 0.29) is 5.38 Å². The molecular weight excluding hydrogens is 260 g/mol. The van der Waals surface area contributed by atoms with Crippen LogP contribution in [0.15, 0.2) is 42.7 Å². The van der Waals surface area contributed by atoms with Crippen molar-refractivity contribution in [3.8, 4) is 5.88 Å². The maximum Gasteiger partial charge on any atom is 0.232 e. The molecule has 0 saturated heterocycles. The summed E-state index contributed by atoms with van der Waals surface area (Å²) < 4.78 is 5.47. The topological polar surface area (TPSA) is 35.0 Å². The van der Waals surface area contributed by atoms with Crippen LogP contribution in [-0.4, -0.2) is 16.6 Å².